The number of amides is 1. The van der Waals surface area contributed by atoms with Crippen molar-refractivity contribution in [1.29, 1.82) is 0 Å². The maximum Gasteiger partial charge on any atom is 0.232 e. The highest BCUT2D eigenvalue weighted by atomic mass is 32.2. The van der Waals surface area contributed by atoms with Crippen LogP contribution < -0.4 is 4.74 Å². The standard InChI is InChI=1S/C12H17NO2S/c1-13(12(14)10-16-2)8-9-15-11-6-4-3-5-7-11/h3-7H,8-10H2,1-2H3. The molecule has 4 heteroatoms. The van der Waals surface area contributed by atoms with Gasteiger partial charge in [0.25, 0.3) is 0 Å². The number of hydrogen-bond acceptors (Lipinski definition) is 3. The molecule has 0 aliphatic carbocycles. The van der Waals surface area contributed by atoms with Gasteiger partial charge in [-0.2, -0.15) is 11.8 Å². The molecule has 16 heavy (non-hydrogen) atoms. The number of hydrogen-bond donors (Lipinski definition) is 0. The van der Waals surface area contributed by atoms with Crippen LogP contribution in [0, 0.1) is 0 Å². The van der Waals surface area contributed by atoms with Crippen LogP contribution in [0.5, 0.6) is 5.75 Å². The molecule has 0 aliphatic rings. The Bertz CT molecular complexity index is 316. The molecular weight excluding hydrogens is 222 g/mol. The third-order valence-electron chi connectivity index (χ3n) is 2.13. The Labute approximate surface area is 101 Å². The average molecular weight is 239 g/mol. The van der Waals surface area contributed by atoms with Crippen molar-refractivity contribution < 1.29 is 9.53 Å². The van der Waals surface area contributed by atoms with E-state index in [4.69, 9.17) is 4.74 Å². The largest absolute Gasteiger partial charge is 0.492 e. The topological polar surface area (TPSA) is 29.5 Å². The van der Waals surface area contributed by atoms with E-state index in [1.165, 1.54) is 11.8 Å². The van der Waals surface area contributed by atoms with E-state index in [9.17, 15) is 4.79 Å². The lowest BCUT2D eigenvalue weighted by Crippen LogP contribution is -2.32. The van der Waals surface area contributed by atoms with Gasteiger partial charge in [-0.15, -0.1) is 0 Å². The number of carbonyl (C=O) groups is 1. The molecule has 0 unspecified atom stereocenters. The number of ether oxygens (including phenoxy) is 1. The maximum absolute atomic E-state index is 11.4. The molecule has 0 radical (unpaired) electrons. The minimum Gasteiger partial charge on any atom is -0.492 e. The normalized spacial score (nSPS) is 9.88. The van der Waals surface area contributed by atoms with Gasteiger partial charge in [-0.25, -0.2) is 0 Å². The minimum absolute atomic E-state index is 0.143. The van der Waals surface area contributed by atoms with Gasteiger partial charge < -0.3 is 9.64 Å². The van der Waals surface area contributed by atoms with E-state index in [1.54, 1.807) is 11.9 Å². The van der Waals surface area contributed by atoms with Gasteiger partial charge in [0.1, 0.15) is 12.4 Å². The SMILES string of the molecule is CSCC(=O)N(C)CCOc1ccccc1. The summed E-state index contributed by atoms with van der Waals surface area (Å²) in [5.74, 6) is 1.51. The van der Waals surface area contributed by atoms with Crippen molar-refractivity contribution in [3.05, 3.63) is 30.3 Å². The molecular formula is C12H17NO2S. The summed E-state index contributed by atoms with van der Waals surface area (Å²) in [5, 5.41) is 0. The van der Waals surface area contributed by atoms with E-state index >= 15 is 0 Å². The van der Waals surface area contributed by atoms with Crippen LogP contribution in [0.3, 0.4) is 0 Å². The van der Waals surface area contributed by atoms with Gasteiger partial charge >= 0.3 is 0 Å². The van der Waals surface area contributed by atoms with Crippen LogP contribution in [0.4, 0.5) is 0 Å². The number of thioether (sulfide) groups is 1. The lowest BCUT2D eigenvalue weighted by Gasteiger charge is -2.16. The van der Waals surface area contributed by atoms with Crippen LogP contribution in [0.1, 0.15) is 0 Å². The summed E-state index contributed by atoms with van der Waals surface area (Å²) in [6, 6.07) is 9.62. The fraction of sp³-hybridized carbons (Fsp3) is 0.417. The van der Waals surface area contributed by atoms with Crippen molar-refractivity contribution in [2.24, 2.45) is 0 Å². The zero-order chi connectivity index (χ0) is 11.8. The number of likely N-dealkylation sites (N-methyl/N-ethyl adjacent to an activating group) is 1. The van der Waals surface area contributed by atoms with Gasteiger partial charge in [0.2, 0.25) is 5.91 Å². The fourth-order valence-corrected chi connectivity index (χ4v) is 1.64. The van der Waals surface area contributed by atoms with Gasteiger partial charge in [0.15, 0.2) is 0 Å². The summed E-state index contributed by atoms with van der Waals surface area (Å²) in [6.07, 6.45) is 1.92. The number of para-hydroxylation sites is 1. The predicted molar refractivity (Wildman–Crippen MR) is 68.0 cm³/mol. The van der Waals surface area contributed by atoms with Crippen molar-refractivity contribution >= 4 is 17.7 Å². The van der Waals surface area contributed by atoms with Crippen LogP contribution in [0.15, 0.2) is 30.3 Å². The van der Waals surface area contributed by atoms with Crippen LogP contribution in [-0.2, 0) is 4.79 Å². The summed E-state index contributed by atoms with van der Waals surface area (Å²) in [7, 11) is 1.80. The molecule has 0 saturated carbocycles. The molecule has 1 aromatic carbocycles. The van der Waals surface area contributed by atoms with Crippen molar-refractivity contribution in [3.63, 3.8) is 0 Å². The first kappa shape index (κ1) is 12.9. The summed E-state index contributed by atoms with van der Waals surface area (Å²) < 4.78 is 5.50. The molecule has 0 fully saturated rings. The third-order valence-corrected chi connectivity index (χ3v) is 2.67. The summed E-state index contributed by atoms with van der Waals surface area (Å²) in [4.78, 5) is 13.1. The van der Waals surface area contributed by atoms with Crippen LogP contribution in [-0.4, -0.2) is 43.0 Å². The molecule has 0 aromatic heterocycles. The average Bonchev–Trinajstić information content (AvgIpc) is 2.30. The van der Waals surface area contributed by atoms with Gasteiger partial charge in [0.05, 0.1) is 12.3 Å². The fourth-order valence-electron chi connectivity index (χ4n) is 1.18. The molecule has 0 atom stereocenters. The first-order valence-corrected chi connectivity index (χ1v) is 6.54. The quantitative estimate of drug-likeness (QED) is 0.759. The number of rotatable bonds is 6. The van der Waals surface area contributed by atoms with Crippen molar-refractivity contribution in [2.45, 2.75) is 0 Å². The zero-order valence-corrected chi connectivity index (χ0v) is 10.5. The molecule has 0 heterocycles. The first-order valence-electron chi connectivity index (χ1n) is 5.15. The maximum atomic E-state index is 11.4. The zero-order valence-electron chi connectivity index (χ0n) is 9.68. The van der Waals surface area contributed by atoms with E-state index in [2.05, 4.69) is 0 Å². The predicted octanol–water partition coefficient (Wildman–Crippen LogP) is 1.89. The molecule has 88 valence electrons. The van der Waals surface area contributed by atoms with E-state index in [1.807, 2.05) is 36.6 Å². The Hall–Kier alpha value is -1.16. The smallest absolute Gasteiger partial charge is 0.232 e. The van der Waals surface area contributed by atoms with E-state index in [0.717, 1.165) is 5.75 Å². The first-order chi connectivity index (χ1) is 7.74. The Morgan fingerprint density at radius 2 is 2.06 bits per heavy atom. The third kappa shape index (κ3) is 4.57. The van der Waals surface area contributed by atoms with E-state index in [-0.39, 0.29) is 5.91 Å². The second-order valence-electron chi connectivity index (χ2n) is 3.41. The van der Waals surface area contributed by atoms with Crippen molar-refractivity contribution in [1.82, 2.24) is 4.90 Å². The Morgan fingerprint density at radius 1 is 1.38 bits per heavy atom. The number of carbonyl (C=O) groups excluding carboxylic acids is 1. The van der Waals surface area contributed by atoms with Crippen LogP contribution in [0.25, 0.3) is 0 Å². The Kier molecular flexibility index (Phi) is 5.78. The van der Waals surface area contributed by atoms with Gasteiger partial charge in [-0.3, -0.25) is 4.79 Å². The molecule has 0 saturated heterocycles. The van der Waals surface area contributed by atoms with E-state index in [0.29, 0.717) is 18.9 Å². The number of nitrogens with zero attached hydrogens (tertiary/aromatic N) is 1. The van der Waals surface area contributed by atoms with Gasteiger partial charge in [0, 0.05) is 7.05 Å². The van der Waals surface area contributed by atoms with Crippen LogP contribution in [0.2, 0.25) is 0 Å². The summed E-state index contributed by atoms with van der Waals surface area (Å²) in [6.45, 7) is 1.15. The van der Waals surface area contributed by atoms with Crippen LogP contribution >= 0.6 is 11.8 Å². The summed E-state index contributed by atoms with van der Waals surface area (Å²) >= 11 is 1.54. The molecule has 1 rings (SSSR count). The monoisotopic (exact) mass is 239 g/mol. The highest BCUT2D eigenvalue weighted by Crippen LogP contribution is 2.07. The Balaban J connectivity index is 2.23. The lowest BCUT2D eigenvalue weighted by atomic mass is 10.3. The molecule has 1 amide bonds. The lowest BCUT2D eigenvalue weighted by molar-refractivity contribution is -0.127. The van der Waals surface area contributed by atoms with Crippen molar-refractivity contribution in [2.75, 3.05) is 32.2 Å². The van der Waals surface area contributed by atoms with E-state index < -0.39 is 0 Å². The molecule has 0 aliphatic heterocycles. The molecule has 3 nitrogen and oxygen atoms in total. The van der Waals surface area contributed by atoms with Gasteiger partial charge in [-0.05, 0) is 18.4 Å². The molecule has 0 bridgehead atoms. The highest BCUT2D eigenvalue weighted by molar-refractivity contribution is 7.99. The summed E-state index contributed by atoms with van der Waals surface area (Å²) in [5.41, 5.74) is 0. The highest BCUT2D eigenvalue weighted by Gasteiger charge is 2.06. The minimum atomic E-state index is 0.143. The molecule has 0 N–H and O–H groups in total. The molecule has 1 aromatic rings. The van der Waals surface area contributed by atoms with Gasteiger partial charge in [-0.1, -0.05) is 18.2 Å². The second kappa shape index (κ2) is 7.17. The van der Waals surface area contributed by atoms with Crippen molar-refractivity contribution in [3.8, 4) is 5.75 Å². The molecule has 0 spiro atoms. The Morgan fingerprint density at radius 3 is 2.69 bits per heavy atom. The second-order valence-corrected chi connectivity index (χ2v) is 4.28. The number of benzene rings is 1.